The summed E-state index contributed by atoms with van der Waals surface area (Å²) in [5.41, 5.74) is 1.47. The molecule has 35 heavy (non-hydrogen) atoms. The van der Waals surface area contributed by atoms with E-state index in [1.165, 1.54) is 30.6 Å². The number of rotatable bonds is 5. The maximum absolute atomic E-state index is 14.5. The van der Waals surface area contributed by atoms with Gasteiger partial charge in [0.05, 0.1) is 23.3 Å². The summed E-state index contributed by atoms with van der Waals surface area (Å²) in [6, 6.07) is 6.46. The Kier molecular flexibility index (Phi) is 5.55. The molecule has 182 valence electrons. The molecule has 0 spiro atoms. The summed E-state index contributed by atoms with van der Waals surface area (Å²) in [6.45, 7) is 3.51. The molecule has 1 unspecified atom stereocenters. The maximum Gasteiger partial charge on any atom is 0.269 e. The Morgan fingerprint density at radius 1 is 1.20 bits per heavy atom. The van der Waals surface area contributed by atoms with Crippen LogP contribution in [0.5, 0.6) is 0 Å². The van der Waals surface area contributed by atoms with Crippen LogP contribution in [-0.4, -0.2) is 35.6 Å². The summed E-state index contributed by atoms with van der Waals surface area (Å²) in [5.74, 6) is -1.81. The Bertz CT molecular complexity index is 1540. The molecule has 5 rings (SSSR count). The summed E-state index contributed by atoms with van der Waals surface area (Å²) < 4.78 is 62.3. The van der Waals surface area contributed by atoms with Gasteiger partial charge in [0.25, 0.3) is 15.9 Å². The molecule has 3 aromatic heterocycles. The van der Waals surface area contributed by atoms with Crippen LogP contribution in [0.3, 0.4) is 0 Å². The van der Waals surface area contributed by atoms with Gasteiger partial charge in [-0.05, 0) is 57.0 Å². The number of aryl methyl sites for hydroxylation is 2. The molecule has 1 N–H and O–H groups in total. The van der Waals surface area contributed by atoms with Crippen LogP contribution in [0.1, 0.15) is 46.3 Å². The summed E-state index contributed by atoms with van der Waals surface area (Å²) >= 11 is 0. The number of aromatic nitrogens is 3. The van der Waals surface area contributed by atoms with Crippen molar-refractivity contribution in [3.63, 3.8) is 0 Å². The summed E-state index contributed by atoms with van der Waals surface area (Å²) in [6.07, 6.45) is 4.30. The number of nitrogens with zero attached hydrogens (tertiary/aromatic N) is 4. The first-order valence-corrected chi connectivity index (χ1v) is 12.3. The van der Waals surface area contributed by atoms with Gasteiger partial charge in [-0.25, -0.2) is 26.4 Å². The van der Waals surface area contributed by atoms with E-state index in [0.717, 1.165) is 18.6 Å². The molecule has 1 aromatic carbocycles. The van der Waals surface area contributed by atoms with Crippen molar-refractivity contribution in [1.82, 2.24) is 19.5 Å². The van der Waals surface area contributed by atoms with E-state index in [9.17, 15) is 22.0 Å². The van der Waals surface area contributed by atoms with Gasteiger partial charge in [-0.3, -0.25) is 4.79 Å². The van der Waals surface area contributed by atoms with Crippen molar-refractivity contribution in [3.8, 4) is 0 Å². The van der Waals surface area contributed by atoms with E-state index < -0.39 is 27.6 Å². The van der Waals surface area contributed by atoms with E-state index in [1.54, 1.807) is 18.3 Å². The highest BCUT2D eigenvalue weighted by Gasteiger charge is 2.30. The van der Waals surface area contributed by atoms with Crippen molar-refractivity contribution < 1.29 is 26.5 Å². The molecule has 0 radical (unpaired) electrons. The summed E-state index contributed by atoms with van der Waals surface area (Å²) in [4.78, 5) is 14.7. The fourth-order valence-corrected chi connectivity index (χ4v) is 5.88. The van der Waals surface area contributed by atoms with Crippen molar-refractivity contribution >= 4 is 27.1 Å². The van der Waals surface area contributed by atoms with Gasteiger partial charge < -0.3 is 9.42 Å². The highest BCUT2D eigenvalue weighted by atomic mass is 32.2. The molecule has 12 heteroatoms. The van der Waals surface area contributed by atoms with E-state index in [2.05, 4.69) is 10.3 Å². The Morgan fingerprint density at radius 2 is 2.00 bits per heavy atom. The van der Waals surface area contributed by atoms with Crippen molar-refractivity contribution in [2.24, 2.45) is 0 Å². The van der Waals surface area contributed by atoms with Crippen LogP contribution < -0.4 is 9.62 Å². The van der Waals surface area contributed by atoms with Gasteiger partial charge >= 0.3 is 0 Å². The lowest BCUT2D eigenvalue weighted by molar-refractivity contribution is 0.0983. The van der Waals surface area contributed by atoms with Crippen LogP contribution in [0, 0.1) is 25.5 Å². The van der Waals surface area contributed by atoms with Gasteiger partial charge in [0.1, 0.15) is 17.3 Å². The van der Waals surface area contributed by atoms with Crippen molar-refractivity contribution in [3.05, 3.63) is 76.9 Å². The van der Waals surface area contributed by atoms with E-state index in [0.29, 0.717) is 24.2 Å². The van der Waals surface area contributed by atoms with Gasteiger partial charge in [0.2, 0.25) is 0 Å². The van der Waals surface area contributed by atoms with Gasteiger partial charge in [-0.15, -0.1) is 0 Å². The van der Waals surface area contributed by atoms with Crippen molar-refractivity contribution in [2.75, 3.05) is 11.4 Å². The average molecular weight is 502 g/mol. The van der Waals surface area contributed by atoms with E-state index >= 15 is 0 Å². The number of fused-ring (bicyclic) bond motifs is 1. The molecule has 1 atom stereocenters. The number of pyridine rings is 1. The Hall–Kier alpha value is -3.80. The molecule has 9 nitrogen and oxygen atoms in total. The number of hydrogen-bond donors (Lipinski definition) is 1. The smallest absolute Gasteiger partial charge is 0.269 e. The molecular formula is C23H21F2N5O4S. The van der Waals surface area contributed by atoms with Gasteiger partial charge in [0.15, 0.2) is 10.7 Å². The second-order valence-corrected chi connectivity index (χ2v) is 10.00. The highest BCUT2D eigenvalue weighted by molar-refractivity contribution is 7.90. The predicted molar refractivity (Wildman–Crippen MR) is 122 cm³/mol. The zero-order valence-electron chi connectivity index (χ0n) is 18.8. The average Bonchev–Trinajstić information content (AvgIpc) is 3.53. The molecule has 1 saturated heterocycles. The third-order valence-corrected chi connectivity index (χ3v) is 7.69. The van der Waals surface area contributed by atoms with E-state index in [-0.39, 0.29) is 33.5 Å². The number of anilines is 1. The molecule has 1 aliphatic rings. The minimum atomic E-state index is -4.23. The second kappa shape index (κ2) is 8.45. The van der Waals surface area contributed by atoms with E-state index in [4.69, 9.17) is 4.52 Å². The molecule has 1 amide bonds. The van der Waals surface area contributed by atoms with Crippen LogP contribution in [-0.2, 0) is 10.0 Å². The number of benzene rings is 1. The number of halogens is 2. The normalized spacial score (nSPS) is 16.2. The van der Waals surface area contributed by atoms with Crippen LogP contribution in [0.2, 0.25) is 0 Å². The lowest BCUT2D eigenvalue weighted by Crippen LogP contribution is -2.31. The molecule has 0 aliphatic carbocycles. The number of carbonyl (C=O) groups excluding carboxylic acids is 1. The topological polar surface area (TPSA) is 110 Å². The zero-order chi connectivity index (χ0) is 24.9. The fourth-order valence-electron chi connectivity index (χ4n) is 4.58. The summed E-state index contributed by atoms with van der Waals surface area (Å²) in [7, 11) is -4.23. The molecule has 0 bridgehead atoms. The van der Waals surface area contributed by atoms with Crippen LogP contribution in [0.4, 0.5) is 14.5 Å². The number of amides is 1. The number of hydrogen-bond acceptors (Lipinski definition) is 7. The largest absolute Gasteiger partial charge is 0.364 e. The molecule has 1 fully saturated rings. The van der Waals surface area contributed by atoms with Gasteiger partial charge in [0, 0.05) is 24.0 Å². The van der Waals surface area contributed by atoms with Gasteiger partial charge in [-0.1, -0.05) is 5.16 Å². The Labute approximate surface area is 199 Å². The molecule has 4 aromatic rings. The third kappa shape index (κ3) is 4.03. The first kappa shape index (κ1) is 23.0. The first-order valence-electron chi connectivity index (χ1n) is 10.8. The molecule has 1 aliphatic heterocycles. The Balaban J connectivity index is 1.48. The minimum Gasteiger partial charge on any atom is -0.364 e. The number of carbonyl (C=O) groups is 1. The standard InChI is InChI=1S/C23H21F2N5O4S/c1-13-22(14(2)34-27-13)35(32,33)28-23(31)18-12-26-30-9-7-16(11-21(18)30)29-8-3-4-20(29)17-10-15(24)5-6-19(17)25/h5-7,9-12,20H,3-4,8H2,1-2H3,(H,28,31). The summed E-state index contributed by atoms with van der Waals surface area (Å²) in [5, 5.41) is 7.76. The lowest BCUT2D eigenvalue weighted by atomic mass is 10.0. The quantitative estimate of drug-likeness (QED) is 0.444. The SMILES string of the molecule is Cc1noc(C)c1S(=O)(=O)NC(=O)c1cnn2ccc(N3CCCC3c3cc(F)ccc3F)cc12. The number of sulfonamides is 1. The second-order valence-electron chi connectivity index (χ2n) is 8.38. The first-order chi connectivity index (χ1) is 16.7. The maximum atomic E-state index is 14.5. The predicted octanol–water partition coefficient (Wildman–Crippen LogP) is 3.68. The van der Waals surface area contributed by atoms with Crippen LogP contribution in [0.25, 0.3) is 5.52 Å². The molecular weight excluding hydrogens is 480 g/mol. The lowest BCUT2D eigenvalue weighted by Gasteiger charge is -2.27. The van der Waals surface area contributed by atoms with Gasteiger partial charge in [-0.2, -0.15) is 5.10 Å². The van der Waals surface area contributed by atoms with Crippen molar-refractivity contribution in [1.29, 1.82) is 0 Å². The van der Waals surface area contributed by atoms with E-state index in [1.807, 2.05) is 9.62 Å². The van der Waals surface area contributed by atoms with Crippen LogP contribution >= 0.6 is 0 Å². The van der Waals surface area contributed by atoms with Crippen molar-refractivity contribution in [2.45, 2.75) is 37.6 Å². The Morgan fingerprint density at radius 3 is 2.74 bits per heavy atom. The third-order valence-electron chi connectivity index (χ3n) is 6.11. The number of nitrogens with one attached hydrogen (secondary N) is 1. The molecule has 4 heterocycles. The zero-order valence-corrected chi connectivity index (χ0v) is 19.6. The fraction of sp³-hybridized carbons (Fsp3) is 0.261. The minimum absolute atomic E-state index is 0.0369. The monoisotopic (exact) mass is 501 g/mol. The molecule has 0 saturated carbocycles. The highest BCUT2D eigenvalue weighted by Crippen LogP contribution is 2.38. The van der Waals surface area contributed by atoms with Crippen LogP contribution in [0.15, 0.2) is 52.1 Å².